The van der Waals surface area contributed by atoms with Crippen molar-refractivity contribution in [3.63, 3.8) is 0 Å². The highest BCUT2D eigenvalue weighted by Gasteiger charge is 2.36. The average Bonchev–Trinajstić information content (AvgIpc) is 2.31. The Labute approximate surface area is 69.7 Å². The van der Waals surface area contributed by atoms with Gasteiger partial charge in [0.2, 0.25) is 0 Å². The minimum absolute atomic E-state index is 0.0239. The van der Waals surface area contributed by atoms with Gasteiger partial charge in [-0.25, -0.2) is 8.42 Å². The lowest BCUT2D eigenvalue weighted by Crippen LogP contribution is -2.06. The smallest absolute Gasteiger partial charge is 0.118 e. The zero-order valence-electron chi connectivity index (χ0n) is 5.80. The molecule has 1 aliphatic carbocycles. The molecule has 0 amide bonds. The van der Waals surface area contributed by atoms with E-state index in [9.17, 15) is 8.42 Å². The minimum Gasteiger partial charge on any atom is -0.245 e. The Morgan fingerprint density at radius 3 is 1.91 bits per heavy atom. The molecule has 11 heavy (non-hydrogen) atoms. The first-order valence-corrected chi connectivity index (χ1v) is 6.40. The molecule has 1 saturated heterocycles. The van der Waals surface area contributed by atoms with E-state index in [4.69, 9.17) is 0 Å². The van der Waals surface area contributed by atoms with Gasteiger partial charge < -0.3 is 0 Å². The van der Waals surface area contributed by atoms with Crippen LogP contribution < -0.4 is 0 Å². The molecule has 0 aromatic heterocycles. The van der Waals surface area contributed by atoms with Gasteiger partial charge in [-0.3, -0.25) is 0 Å². The second-order valence-electron chi connectivity index (χ2n) is 2.60. The van der Waals surface area contributed by atoms with Crippen LogP contribution in [0.2, 0.25) is 0 Å². The van der Waals surface area contributed by atoms with Crippen molar-refractivity contribution in [3.05, 3.63) is 24.3 Å². The van der Waals surface area contributed by atoms with Gasteiger partial charge in [-0.05, 0) is 6.42 Å². The van der Waals surface area contributed by atoms with Gasteiger partial charge >= 0.3 is 0 Å². The molecular weight excluding hydrogens is 180 g/mol. The van der Waals surface area contributed by atoms with E-state index in [-0.39, 0.29) is 10.5 Å². The van der Waals surface area contributed by atoms with Crippen molar-refractivity contribution in [1.29, 1.82) is 0 Å². The molecule has 4 unspecified atom stereocenters. The van der Waals surface area contributed by atoms with E-state index in [0.29, 0.717) is 0 Å². The van der Waals surface area contributed by atoms with Crippen LogP contribution in [-0.4, -0.2) is 18.9 Å². The maximum Gasteiger partial charge on any atom is 0.118 e. The first-order chi connectivity index (χ1) is 5.29. The van der Waals surface area contributed by atoms with Crippen molar-refractivity contribution < 1.29 is 8.42 Å². The fraction of sp³-hybridized carbons (Fsp3) is 0.429. The summed E-state index contributed by atoms with van der Waals surface area (Å²) in [6.45, 7) is 0. The maximum absolute atomic E-state index is 11.3. The van der Waals surface area contributed by atoms with Gasteiger partial charge in [-0.1, -0.05) is 24.3 Å². The Bertz CT molecular complexity index is 252. The summed E-state index contributed by atoms with van der Waals surface area (Å²) >= 11 is 0. The van der Waals surface area contributed by atoms with Gasteiger partial charge in [0.05, 0.1) is 10.5 Å². The van der Waals surface area contributed by atoms with Crippen LogP contribution in [0.3, 0.4) is 0 Å². The van der Waals surface area contributed by atoms with Gasteiger partial charge in [0.25, 0.3) is 0 Å². The lowest BCUT2D eigenvalue weighted by Gasteiger charge is -1.96. The fourth-order valence-corrected chi connectivity index (χ4v) is 5.39. The lowest BCUT2D eigenvalue weighted by molar-refractivity contribution is 0.678. The molecule has 0 saturated carbocycles. The van der Waals surface area contributed by atoms with Crippen LogP contribution in [0.25, 0.3) is 0 Å². The van der Waals surface area contributed by atoms with Gasteiger partial charge in [-0.2, -0.15) is 0 Å². The molecule has 0 radical (unpaired) electrons. The summed E-state index contributed by atoms with van der Waals surface area (Å²) in [4.78, 5) is 0. The van der Waals surface area contributed by atoms with Gasteiger partial charge in [0.15, 0.2) is 0 Å². The number of allylic oxidation sites excluding steroid dienone is 2. The number of hydrogen-bond acceptors (Lipinski definition) is 2. The molecule has 1 fully saturated rings. The molecule has 0 aromatic rings. The van der Waals surface area contributed by atoms with Gasteiger partial charge in [-0.15, -0.1) is 0 Å². The van der Waals surface area contributed by atoms with Crippen molar-refractivity contribution in [1.82, 2.24) is 0 Å². The molecular formula is C7H8O2S2. The zero-order chi connectivity index (χ0) is 7.84. The van der Waals surface area contributed by atoms with E-state index in [1.54, 1.807) is 0 Å². The number of hydrogen-bond donors (Lipinski definition) is 0. The third-order valence-electron chi connectivity index (χ3n) is 1.88. The van der Waals surface area contributed by atoms with E-state index in [1.807, 2.05) is 24.3 Å². The largest absolute Gasteiger partial charge is 0.245 e. The second kappa shape index (κ2) is 2.68. The van der Waals surface area contributed by atoms with Gasteiger partial charge in [0, 0.05) is 0 Å². The predicted molar refractivity (Wildman–Crippen MR) is 46.8 cm³/mol. The summed E-state index contributed by atoms with van der Waals surface area (Å²) in [5.41, 5.74) is 0. The lowest BCUT2D eigenvalue weighted by atomic mass is 10.2. The molecule has 2 aliphatic rings. The first-order valence-electron chi connectivity index (χ1n) is 3.45. The standard InChI is InChI=1S/C7H8O2S2/c8-10-6-3-1-2-4-7(5-6)11(10)9/h1-4,6-7H,5H2. The van der Waals surface area contributed by atoms with E-state index in [1.165, 1.54) is 0 Å². The minimum atomic E-state index is -1.15. The first kappa shape index (κ1) is 7.43. The molecule has 2 rings (SSSR count). The summed E-state index contributed by atoms with van der Waals surface area (Å²) in [5, 5.41) is 0.0478. The molecule has 2 bridgehead atoms. The maximum atomic E-state index is 11.3. The van der Waals surface area contributed by atoms with Crippen LogP contribution >= 0.6 is 0 Å². The Morgan fingerprint density at radius 2 is 1.45 bits per heavy atom. The van der Waals surface area contributed by atoms with Crippen molar-refractivity contribution in [3.8, 4) is 0 Å². The van der Waals surface area contributed by atoms with Crippen LogP contribution in [0.5, 0.6) is 0 Å². The van der Waals surface area contributed by atoms with Crippen molar-refractivity contribution in [2.24, 2.45) is 0 Å². The van der Waals surface area contributed by atoms with E-state index in [2.05, 4.69) is 0 Å². The van der Waals surface area contributed by atoms with E-state index < -0.39 is 19.7 Å². The molecule has 1 heterocycles. The molecule has 0 aromatic carbocycles. The molecule has 4 heteroatoms. The van der Waals surface area contributed by atoms with Crippen molar-refractivity contribution >= 4 is 19.7 Å². The molecule has 4 atom stereocenters. The summed E-state index contributed by atoms with van der Waals surface area (Å²) < 4.78 is 22.5. The fourth-order valence-electron chi connectivity index (χ4n) is 1.29. The normalized spacial score (nSPS) is 47.6. The monoisotopic (exact) mass is 188 g/mol. The molecule has 60 valence electrons. The van der Waals surface area contributed by atoms with Crippen LogP contribution in [0, 0.1) is 0 Å². The Hall–Kier alpha value is -0.220. The van der Waals surface area contributed by atoms with Crippen LogP contribution in [0.1, 0.15) is 6.42 Å². The van der Waals surface area contributed by atoms with E-state index in [0.717, 1.165) is 6.42 Å². The topological polar surface area (TPSA) is 34.1 Å². The van der Waals surface area contributed by atoms with Crippen molar-refractivity contribution in [2.45, 2.75) is 16.9 Å². The molecule has 0 N–H and O–H groups in total. The summed E-state index contributed by atoms with van der Waals surface area (Å²) in [6, 6.07) is 0. The van der Waals surface area contributed by atoms with Gasteiger partial charge in [0.1, 0.15) is 19.7 Å². The number of fused-ring (bicyclic) bond motifs is 2. The highest BCUT2D eigenvalue weighted by molar-refractivity contribution is 8.62. The van der Waals surface area contributed by atoms with E-state index >= 15 is 0 Å². The third-order valence-corrected chi connectivity index (χ3v) is 6.35. The number of rotatable bonds is 0. The Morgan fingerprint density at radius 1 is 1.00 bits per heavy atom. The average molecular weight is 188 g/mol. The van der Waals surface area contributed by atoms with Crippen LogP contribution in [-0.2, 0) is 19.7 Å². The highest BCUT2D eigenvalue weighted by atomic mass is 33.1. The summed E-state index contributed by atoms with van der Waals surface area (Å²) in [5.74, 6) is 0. The zero-order valence-corrected chi connectivity index (χ0v) is 7.44. The van der Waals surface area contributed by atoms with Crippen molar-refractivity contribution in [2.75, 3.05) is 0 Å². The summed E-state index contributed by atoms with van der Waals surface area (Å²) in [7, 11) is -2.30. The molecule has 2 nitrogen and oxygen atoms in total. The van der Waals surface area contributed by atoms with Crippen LogP contribution in [0.4, 0.5) is 0 Å². The third kappa shape index (κ3) is 1.14. The Kier molecular flexibility index (Phi) is 1.81. The molecule has 0 spiro atoms. The molecule has 1 aliphatic heterocycles. The Balaban J connectivity index is 2.40. The SMILES string of the molecule is O=S1C2C=CC=CC(C2)S1=O. The second-order valence-corrected chi connectivity index (χ2v) is 6.83. The predicted octanol–water partition coefficient (Wildman–Crippen LogP) is 0.666. The quantitative estimate of drug-likeness (QED) is 0.523. The summed E-state index contributed by atoms with van der Waals surface area (Å²) in [6.07, 6.45) is 8.33. The highest BCUT2D eigenvalue weighted by Crippen LogP contribution is 2.27. The van der Waals surface area contributed by atoms with Crippen LogP contribution in [0.15, 0.2) is 24.3 Å².